The number of ether oxygens (including phenoxy) is 12. The second kappa shape index (κ2) is 29.3. The first-order valence-electron chi connectivity index (χ1n) is 27.0. The molecule has 0 radical (unpaired) electrons. The molecule has 0 spiro atoms. The van der Waals surface area contributed by atoms with E-state index in [4.69, 9.17) is 56.8 Å². The molecule has 0 saturated heterocycles. The maximum Gasteiger partial charge on any atom is 0.161 e. The molecule has 0 saturated carbocycles. The van der Waals surface area contributed by atoms with E-state index in [9.17, 15) is 10.2 Å². The van der Waals surface area contributed by atoms with E-state index in [-0.39, 0.29) is 33.0 Å². The van der Waals surface area contributed by atoms with Crippen molar-refractivity contribution in [2.45, 2.75) is 39.2 Å². The molecule has 410 valence electrons. The van der Waals surface area contributed by atoms with E-state index in [1.807, 2.05) is 48.2 Å². The Labute approximate surface area is 452 Å². The highest BCUT2D eigenvalue weighted by molar-refractivity contribution is 5.56. The predicted molar refractivity (Wildman–Crippen MR) is 291 cm³/mol. The van der Waals surface area contributed by atoms with Crippen LogP contribution in [0.5, 0.6) is 46.0 Å². The maximum absolute atomic E-state index is 9.64. The molecule has 0 amide bonds. The third-order valence-electron chi connectivity index (χ3n) is 13.4. The molecule has 0 aromatic heterocycles. The Bertz CT molecular complexity index is 2800. The molecule has 15 heteroatoms. The first-order valence-corrected chi connectivity index (χ1v) is 27.0. The van der Waals surface area contributed by atoms with Gasteiger partial charge < -0.3 is 67.1 Å². The zero-order valence-corrected chi connectivity index (χ0v) is 44.3. The number of aryl methyl sites for hydroxylation is 1. The molecule has 0 fully saturated rings. The lowest BCUT2D eigenvalue weighted by molar-refractivity contribution is 0.0695. The van der Waals surface area contributed by atoms with Crippen LogP contribution in [0.2, 0.25) is 0 Å². The highest BCUT2D eigenvalue weighted by Crippen LogP contribution is 2.39. The van der Waals surface area contributed by atoms with E-state index in [1.54, 1.807) is 0 Å². The fourth-order valence-corrected chi connectivity index (χ4v) is 9.83. The quantitative estimate of drug-likeness (QED) is 0.155. The van der Waals surface area contributed by atoms with Gasteiger partial charge in [0.2, 0.25) is 0 Å². The van der Waals surface area contributed by atoms with E-state index in [2.05, 4.69) is 72.8 Å². The van der Waals surface area contributed by atoms with Crippen LogP contribution >= 0.6 is 0 Å². The molecular formula is C62H73NO14. The van der Waals surface area contributed by atoms with Crippen molar-refractivity contribution in [3.05, 3.63) is 165 Å². The molecule has 11 rings (SSSR count). The molecule has 77 heavy (non-hydrogen) atoms. The molecule has 15 nitrogen and oxygen atoms in total. The smallest absolute Gasteiger partial charge is 0.161 e. The van der Waals surface area contributed by atoms with Gasteiger partial charge in [-0.15, -0.1) is 0 Å². The van der Waals surface area contributed by atoms with Crippen LogP contribution in [0.1, 0.15) is 55.6 Å². The molecule has 6 aromatic carbocycles. The van der Waals surface area contributed by atoms with E-state index in [1.165, 1.54) is 0 Å². The van der Waals surface area contributed by atoms with Crippen LogP contribution in [0.25, 0.3) is 0 Å². The first kappa shape index (κ1) is 55.2. The number of para-hydroxylation sites is 4. The fourth-order valence-electron chi connectivity index (χ4n) is 9.83. The van der Waals surface area contributed by atoms with Crippen molar-refractivity contribution in [3.8, 4) is 46.0 Å². The van der Waals surface area contributed by atoms with Gasteiger partial charge in [0.15, 0.2) is 23.0 Å². The van der Waals surface area contributed by atoms with E-state index < -0.39 is 0 Å². The molecule has 1 aliphatic carbocycles. The van der Waals surface area contributed by atoms with Crippen molar-refractivity contribution >= 4 is 0 Å². The fraction of sp³-hybridized carbons (Fsp3) is 0.419. The summed E-state index contributed by atoms with van der Waals surface area (Å²) in [7, 11) is 0. The van der Waals surface area contributed by atoms with Gasteiger partial charge in [-0.05, 0) is 86.8 Å². The molecular weight excluding hydrogens is 983 g/mol. The average Bonchev–Trinajstić information content (AvgIpc) is 3.42. The summed E-state index contributed by atoms with van der Waals surface area (Å²) in [5.41, 5.74) is 10.1. The van der Waals surface area contributed by atoms with Gasteiger partial charge in [-0.1, -0.05) is 84.9 Å². The Hall–Kier alpha value is -6.56. The summed E-state index contributed by atoms with van der Waals surface area (Å²) in [4.78, 5) is 1.98. The summed E-state index contributed by atoms with van der Waals surface area (Å²) in [5.74, 6) is 5.60. The Balaban J connectivity index is 1.06. The summed E-state index contributed by atoms with van der Waals surface area (Å²) in [6, 6.07) is 37.1. The first-order chi connectivity index (χ1) is 38.0. The van der Waals surface area contributed by atoms with Crippen molar-refractivity contribution in [1.29, 1.82) is 0 Å². The zero-order chi connectivity index (χ0) is 52.9. The van der Waals surface area contributed by atoms with Gasteiger partial charge >= 0.3 is 0 Å². The molecule has 2 N–H and O–H groups in total. The van der Waals surface area contributed by atoms with E-state index in [0.717, 1.165) is 78.6 Å². The molecule has 6 aromatic rings. The highest BCUT2D eigenvalue weighted by Gasteiger charge is 2.23. The summed E-state index contributed by atoms with van der Waals surface area (Å²) >= 11 is 0. The van der Waals surface area contributed by atoms with Gasteiger partial charge in [0, 0.05) is 45.3 Å². The van der Waals surface area contributed by atoms with Crippen molar-refractivity contribution in [2.24, 2.45) is 0 Å². The van der Waals surface area contributed by atoms with Crippen LogP contribution in [0.15, 0.2) is 109 Å². The largest absolute Gasteiger partial charge is 0.491 e. The van der Waals surface area contributed by atoms with Crippen molar-refractivity contribution in [3.63, 3.8) is 0 Å². The topological polar surface area (TPSA) is 154 Å². The average molecular weight is 1060 g/mol. The van der Waals surface area contributed by atoms with Gasteiger partial charge in [-0.3, -0.25) is 4.90 Å². The zero-order valence-electron chi connectivity index (χ0n) is 44.3. The number of nitrogens with zero attached hydrogens (tertiary/aromatic N) is 1. The number of hydrogen-bond acceptors (Lipinski definition) is 15. The second-order valence-electron chi connectivity index (χ2n) is 19.0. The van der Waals surface area contributed by atoms with Crippen LogP contribution in [-0.2, 0) is 51.2 Å². The van der Waals surface area contributed by atoms with Crippen molar-refractivity contribution in [2.75, 3.05) is 132 Å². The molecule has 4 heterocycles. The van der Waals surface area contributed by atoms with Crippen molar-refractivity contribution < 1.29 is 67.1 Å². The summed E-state index contributed by atoms with van der Waals surface area (Å²) in [6.45, 7) is 8.49. The SMILES string of the molecule is Cc1ccc2c(c1)OCCOCCOc1c3cccc1Cc1cccc4c1OCCOCCOc1cc(CN(CCO)CCO)ccc1OCCOCCOc1c(cccc1C3)Cc1cccc(c1OCCOCCO2)C4. The number of benzene rings is 6. The van der Waals surface area contributed by atoms with Crippen LogP contribution in [-0.4, -0.2) is 147 Å². The number of aliphatic hydroxyl groups is 2. The number of rotatable bonds is 6. The van der Waals surface area contributed by atoms with Crippen LogP contribution in [0, 0.1) is 6.92 Å². The molecule has 12 bridgehead atoms. The highest BCUT2D eigenvalue weighted by atomic mass is 16.6. The van der Waals surface area contributed by atoms with Gasteiger partial charge in [0.25, 0.3) is 0 Å². The Morgan fingerprint density at radius 2 is 0.636 bits per heavy atom. The Kier molecular flexibility index (Phi) is 21.0. The lowest BCUT2D eigenvalue weighted by Crippen LogP contribution is -2.29. The lowest BCUT2D eigenvalue weighted by Gasteiger charge is -2.23. The number of fused-ring (bicyclic) bond motifs is 24. The van der Waals surface area contributed by atoms with Gasteiger partial charge in [0.1, 0.15) is 75.9 Å². The Morgan fingerprint density at radius 3 is 0.974 bits per heavy atom. The minimum Gasteiger partial charge on any atom is -0.491 e. The number of aliphatic hydroxyl groups excluding tert-OH is 2. The van der Waals surface area contributed by atoms with Crippen LogP contribution < -0.4 is 37.9 Å². The van der Waals surface area contributed by atoms with E-state index in [0.29, 0.717) is 154 Å². The summed E-state index contributed by atoms with van der Waals surface area (Å²) < 4.78 is 76.8. The molecule has 5 aliphatic rings. The predicted octanol–water partition coefficient (Wildman–Crippen LogP) is 7.98. The summed E-state index contributed by atoms with van der Waals surface area (Å²) in [6.07, 6.45) is 2.11. The second-order valence-corrected chi connectivity index (χ2v) is 19.0. The Morgan fingerprint density at radius 1 is 0.338 bits per heavy atom. The molecule has 0 unspecified atom stereocenters. The lowest BCUT2D eigenvalue weighted by atomic mass is 9.91. The van der Waals surface area contributed by atoms with Crippen molar-refractivity contribution in [1.82, 2.24) is 4.90 Å². The minimum atomic E-state index is -0.0122. The molecule has 0 atom stereocenters. The van der Waals surface area contributed by atoms with Gasteiger partial charge in [-0.2, -0.15) is 0 Å². The third kappa shape index (κ3) is 15.8. The molecule has 4 aliphatic heterocycles. The van der Waals surface area contributed by atoms with Crippen LogP contribution in [0.3, 0.4) is 0 Å². The summed E-state index contributed by atoms with van der Waals surface area (Å²) in [5, 5.41) is 19.3. The van der Waals surface area contributed by atoms with Gasteiger partial charge in [-0.25, -0.2) is 0 Å². The third-order valence-corrected chi connectivity index (χ3v) is 13.4. The number of hydrogen-bond donors (Lipinski definition) is 2. The maximum atomic E-state index is 9.64. The normalized spacial score (nSPS) is 16.5. The van der Waals surface area contributed by atoms with Crippen LogP contribution in [0.4, 0.5) is 0 Å². The minimum absolute atomic E-state index is 0.0122. The monoisotopic (exact) mass is 1060 g/mol. The van der Waals surface area contributed by atoms with E-state index >= 15 is 0 Å². The standard InChI is InChI=1S/C62H73NO14/c1-45-14-16-55-57(38-45)72-32-24-68-28-36-76-61-51-10-4-11-52(61)43-54-13-5-12-53-42-49-8-2-6-47(59(49)74-34-26-66-22-30-70-55)40-48-7-3-9-50(41-51)60(48)75-35-27-67-23-31-71-56-17-15-46(44-63(18-20-64)19-21-65)39-58(56)73-33-25-69-29-37-77-62(53)54/h2-17,38-39,64-65H,18-37,40-44H2,1H3. The van der Waals surface area contributed by atoms with Gasteiger partial charge in [0.05, 0.1) is 66.1 Å².